The van der Waals surface area contributed by atoms with E-state index in [4.69, 9.17) is 21.1 Å². The van der Waals surface area contributed by atoms with Crippen LogP contribution in [-0.4, -0.2) is 48.3 Å². The Labute approximate surface area is 115 Å². The minimum absolute atomic E-state index is 0.221. The van der Waals surface area contributed by atoms with E-state index in [1.807, 2.05) is 20.8 Å². The first-order valence-corrected chi connectivity index (χ1v) is 7.11. The minimum atomic E-state index is -0.426. The molecule has 0 unspecified atom stereocenters. The summed E-state index contributed by atoms with van der Waals surface area (Å²) >= 11 is 5.60. The van der Waals surface area contributed by atoms with Gasteiger partial charge in [0.05, 0.1) is 6.10 Å². The molecule has 0 aromatic rings. The Hall–Kier alpha value is -0.480. The summed E-state index contributed by atoms with van der Waals surface area (Å²) < 4.78 is 11.0. The Morgan fingerprint density at radius 2 is 1.94 bits per heavy atom. The topological polar surface area (TPSA) is 38.8 Å². The van der Waals surface area contributed by atoms with Crippen LogP contribution in [0.1, 0.15) is 40.0 Å². The standard InChI is InChI=1S/C13H24ClNO3/c1-13(2,3)18-12(16)15-8-5-11(6-9-15)17-10-4-7-14/h11H,4-10H2,1-3H3. The van der Waals surface area contributed by atoms with Crippen molar-refractivity contribution >= 4 is 17.7 Å². The van der Waals surface area contributed by atoms with Crippen LogP contribution in [0.5, 0.6) is 0 Å². The number of rotatable bonds is 4. The van der Waals surface area contributed by atoms with Crippen LogP contribution < -0.4 is 0 Å². The molecule has 5 heteroatoms. The fraction of sp³-hybridized carbons (Fsp3) is 0.923. The van der Waals surface area contributed by atoms with E-state index in [9.17, 15) is 4.79 Å². The second kappa shape index (κ2) is 7.19. The second-order valence-electron chi connectivity index (χ2n) is 5.58. The Balaban J connectivity index is 2.24. The van der Waals surface area contributed by atoms with Gasteiger partial charge in [0.15, 0.2) is 0 Å². The summed E-state index contributed by atoms with van der Waals surface area (Å²) in [5.41, 5.74) is -0.426. The van der Waals surface area contributed by atoms with Crippen LogP contribution in [0, 0.1) is 0 Å². The van der Waals surface area contributed by atoms with Crippen molar-refractivity contribution < 1.29 is 14.3 Å². The molecule has 1 heterocycles. The SMILES string of the molecule is CC(C)(C)OC(=O)N1CCC(OCCCCl)CC1. The van der Waals surface area contributed by atoms with Gasteiger partial charge in [-0.05, 0) is 40.0 Å². The van der Waals surface area contributed by atoms with Gasteiger partial charge in [-0.3, -0.25) is 0 Å². The van der Waals surface area contributed by atoms with Gasteiger partial charge in [-0.25, -0.2) is 4.79 Å². The summed E-state index contributed by atoms with van der Waals surface area (Å²) in [6.45, 7) is 7.77. The van der Waals surface area contributed by atoms with Crippen molar-refractivity contribution in [2.24, 2.45) is 0 Å². The molecule has 18 heavy (non-hydrogen) atoms. The van der Waals surface area contributed by atoms with Crippen molar-refractivity contribution in [3.63, 3.8) is 0 Å². The van der Waals surface area contributed by atoms with Crippen LogP contribution in [0.25, 0.3) is 0 Å². The van der Waals surface area contributed by atoms with E-state index in [1.165, 1.54) is 0 Å². The van der Waals surface area contributed by atoms with Gasteiger partial charge in [0.2, 0.25) is 0 Å². The number of nitrogens with zero attached hydrogens (tertiary/aromatic N) is 1. The summed E-state index contributed by atoms with van der Waals surface area (Å²) in [7, 11) is 0. The van der Waals surface area contributed by atoms with Crippen LogP contribution >= 0.6 is 11.6 Å². The van der Waals surface area contributed by atoms with Crippen LogP contribution in [-0.2, 0) is 9.47 Å². The number of halogens is 1. The summed E-state index contributed by atoms with van der Waals surface area (Å²) in [6.07, 6.45) is 2.67. The number of likely N-dealkylation sites (tertiary alicyclic amines) is 1. The highest BCUT2D eigenvalue weighted by molar-refractivity contribution is 6.17. The quantitative estimate of drug-likeness (QED) is 0.586. The van der Waals surface area contributed by atoms with Crippen molar-refractivity contribution in [1.29, 1.82) is 0 Å². The van der Waals surface area contributed by atoms with Gasteiger partial charge in [-0.2, -0.15) is 0 Å². The van der Waals surface area contributed by atoms with Crippen molar-refractivity contribution in [2.45, 2.75) is 51.7 Å². The maximum Gasteiger partial charge on any atom is 0.410 e. The van der Waals surface area contributed by atoms with E-state index in [0.29, 0.717) is 25.6 Å². The van der Waals surface area contributed by atoms with E-state index in [0.717, 1.165) is 19.3 Å². The first kappa shape index (κ1) is 15.6. The predicted octanol–water partition coefficient (Wildman–Crippen LogP) is 3.03. The first-order valence-electron chi connectivity index (χ1n) is 6.58. The molecule has 0 spiro atoms. The zero-order chi connectivity index (χ0) is 13.6. The summed E-state index contributed by atoms with van der Waals surface area (Å²) in [5, 5.41) is 0. The maximum atomic E-state index is 11.8. The number of alkyl halides is 1. The highest BCUT2D eigenvalue weighted by atomic mass is 35.5. The summed E-state index contributed by atoms with van der Waals surface area (Å²) in [4.78, 5) is 13.6. The Bertz CT molecular complexity index is 257. The lowest BCUT2D eigenvalue weighted by Crippen LogP contribution is -2.43. The average molecular weight is 278 g/mol. The van der Waals surface area contributed by atoms with E-state index >= 15 is 0 Å². The fourth-order valence-corrected chi connectivity index (χ4v) is 1.95. The van der Waals surface area contributed by atoms with Gasteiger partial charge in [-0.15, -0.1) is 11.6 Å². The molecule has 0 saturated carbocycles. The lowest BCUT2D eigenvalue weighted by atomic mass is 10.1. The molecule has 1 aliphatic rings. The molecule has 0 aromatic carbocycles. The smallest absolute Gasteiger partial charge is 0.410 e. The summed E-state index contributed by atoms with van der Waals surface area (Å²) in [5.74, 6) is 0.636. The third kappa shape index (κ3) is 5.91. The van der Waals surface area contributed by atoms with E-state index in [-0.39, 0.29) is 12.2 Å². The number of ether oxygens (including phenoxy) is 2. The number of hydrogen-bond donors (Lipinski definition) is 0. The Kier molecular flexibility index (Phi) is 6.22. The van der Waals surface area contributed by atoms with Crippen molar-refractivity contribution in [3.05, 3.63) is 0 Å². The molecule has 4 nitrogen and oxygen atoms in total. The number of carbonyl (C=O) groups excluding carboxylic acids is 1. The molecule has 0 aromatic heterocycles. The minimum Gasteiger partial charge on any atom is -0.444 e. The molecule has 0 radical (unpaired) electrons. The van der Waals surface area contributed by atoms with E-state index in [2.05, 4.69) is 0 Å². The molecule has 1 fully saturated rings. The van der Waals surface area contributed by atoms with Crippen LogP contribution in [0.2, 0.25) is 0 Å². The van der Waals surface area contributed by atoms with E-state index in [1.54, 1.807) is 4.90 Å². The molecule has 0 bridgehead atoms. The molecule has 1 saturated heterocycles. The van der Waals surface area contributed by atoms with Gasteiger partial charge < -0.3 is 14.4 Å². The number of carbonyl (C=O) groups is 1. The van der Waals surface area contributed by atoms with Crippen LogP contribution in [0.15, 0.2) is 0 Å². The van der Waals surface area contributed by atoms with Gasteiger partial charge >= 0.3 is 6.09 Å². The lowest BCUT2D eigenvalue weighted by molar-refractivity contribution is -0.0109. The maximum absolute atomic E-state index is 11.8. The number of amides is 1. The Morgan fingerprint density at radius 1 is 1.33 bits per heavy atom. The molecule has 106 valence electrons. The molecule has 1 aliphatic heterocycles. The van der Waals surface area contributed by atoms with Crippen molar-refractivity contribution in [3.8, 4) is 0 Å². The zero-order valence-corrected chi connectivity index (χ0v) is 12.3. The molecule has 0 aliphatic carbocycles. The van der Waals surface area contributed by atoms with Crippen LogP contribution in [0.4, 0.5) is 4.79 Å². The molecule has 0 atom stereocenters. The normalized spacial score (nSPS) is 17.9. The molecule has 1 rings (SSSR count). The zero-order valence-electron chi connectivity index (χ0n) is 11.6. The largest absolute Gasteiger partial charge is 0.444 e. The highest BCUT2D eigenvalue weighted by Crippen LogP contribution is 2.17. The summed E-state index contributed by atoms with van der Waals surface area (Å²) in [6, 6.07) is 0. The highest BCUT2D eigenvalue weighted by Gasteiger charge is 2.26. The second-order valence-corrected chi connectivity index (χ2v) is 5.96. The van der Waals surface area contributed by atoms with Crippen LogP contribution in [0.3, 0.4) is 0 Å². The van der Waals surface area contributed by atoms with E-state index < -0.39 is 5.60 Å². The molecule has 0 N–H and O–H groups in total. The van der Waals surface area contributed by atoms with Gasteiger partial charge in [-0.1, -0.05) is 0 Å². The average Bonchev–Trinajstić information content (AvgIpc) is 2.28. The monoisotopic (exact) mass is 277 g/mol. The molecular weight excluding hydrogens is 254 g/mol. The molecular formula is C13H24ClNO3. The van der Waals surface area contributed by atoms with Gasteiger partial charge in [0.25, 0.3) is 0 Å². The van der Waals surface area contributed by atoms with Crippen molar-refractivity contribution in [2.75, 3.05) is 25.6 Å². The van der Waals surface area contributed by atoms with Crippen molar-refractivity contribution in [1.82, 2.24) is 4.90 Å². The third-order valence-electron chi connectivity index (χ3n) is 2.73. The number of hydrogen-bond acceptors (Lipinski definition) is 3. The van der Waals surface area contributed by atoms with Gasteiger partial charge in [0, 0.05) is 25.6 Å². The number of piperidine rings is 1. The lowest BCUT2D eigenvalue weighted by Gasteiger charge is -2.33. The third-order valence-corrected chi connectivity index (χ3v) is 2.99. The van der Waals surface area contributed by atoms with Gasteiger partial charge in [0.1, 0.15) is 5.60 Å². The predicted molar refractivity (Wildman–Crippen MR) is 72.1 cm³/mol. The first-order chi connectivity index (χ1) is 8.42. The molecule has 1 amide bonds. The Morgan fingerprint density at radius 3 is 2.44 bits per heavy atom. The fourth-order valence-electron chi connectivity index (χ4n) is 1.84.